The zero-order valence-corrected chi connectivity index (χ0v) is 28.9. The highest BCUT2D eigenvalue weighted by Gasteiger charge is 2.44. The third kappa shape index (κ3) is 4.26. The van der Waals surface area contributed by atoms with Gasteiger partial charge in [0.1, 0.15) is 18.2 Å². The van der Waals surface area contributed by atoms with Crippen molar-refractivity contribution in [3.05, 3.63) is 214 Å². The van der Waals surface area contributed by atoms with E-state index in [-0.39, 0.29) is 0 Å². The van der Waals surface area contributed by atoms with Gasteiger partial charge in [0, 0.05) is 33.4 Å². The first-order valence-corrected chi connectivity index (χ1v) is 17.9. The van der Waals surface area contributed by atoms with Gasteiger partial charge in [-0.3, -0.25) is 0 Å². The Labute approximate surface area is 313 Å². The second-order valence-electron chi connectivity index (χ2n) is 13.6. The number of nitriles is 3. The normalized spacial score (nSPS) is 15.3. The van der Waals surface area contributed by atoms with E-state index < -0.39 is 0 Å². The summed E-state index contributed by atoms with van der Waals surface area (Å²) in [5.41, 5.74) is 18.6. The van der Waals surface area contributed by atoms with Gasteiger partial charge in [-0.05, 0) is 66.8 Å². The monoisotopic (exact) mass is 681 g/mol. The standard InChI is InChI=1S/C51H27N3/c52-28-40(31-16-4-1-5-17-31)43-34-22-10-13-25-37(34)46-49(43)47-38-26-14-11-23-35(38)44(41(29-53)32-18-6-2-7-19-32)51(47)48-39-27-15-12-24-36(39)45(50(46)48)42(30-54)33-20-8-3-9-21-33/h1-27H/b43-40+,44-41+,45-42+. The molecule has 0 N–H and O–H groups in total. The van der Waals surface area contributed by atoms with Crippen LogP contribution in [0.4, 0.5) is 0 Å². The van der Waals surface area contributed by atoms with E-state index >= 15 is 0 Å². The van der Waals surface area contributed by atoms with Crippen molar-refractivity contribution in [2.45, 2.75) is 0 Å². The summed E-state index contributed by atoms with van der Waals surface area (Å²) in [7, 11) is 0. The van der Waals surface area contributed by atoms with Gasteiger partial charge in [-0.1, -0.05) is 164 Å². The van der Waals surface area contributed by atoms with Gasteiger partial charge >= 0.3 is 0 Å². The van der Waals surface area contributed by atoms with E-state index in [1.807, 2.05) is 109 Å². The van der Waals surface area contributed by atoms with E-state index in [1.54, 1.807) is 0 Å². The number of hydrogen-bond acceptors (Lipinski definition) is 3. The van der Waals surface area contributed by atoms with Crippen LogP contribution in [-0.4, -0.2) is 0 Å². The molecule has 7 aromatic carbocycles. The van der Waals surface area contributed by atoms with Crippen LogP contribution in [0.5, 0.6) is 0 Å². The molecule has 3 aliphatic rings. The average molecular weight is 682 g/mol. The number of benzene rings is 7. The van der Waals surface area contributed by atoms with E-state index in [1.165, 1.54) is 0 Å². The van der Waals surface area contributed by atoms with Gasteiger partial charge in [0.25, 0.3) is 0 Å². The molecule has 0 saturated heterocycles. The molecule has 0 fully saturated rings. The molecule has 0 heterocycles. The molecule has 0 saturated carbocycles. The molecule has 0 unspecified atom stereocenters. The lowest BCUT2D eigenvalue weighted by Gasteiger charge is -2.20. The quantitative estimate of drug-likeness (QED) is 0.174. The third-order valence-electron chi connectivity index (χ3n) is 10.9. The molecule has 246 valence electrons. The van der Waals surface area contributed by atoms with Crippen LogP contribution in [0.25, 0.3) is 66.8 Å². The minimum Gasteiger partial charge on any atom is -0.192 e. The predicted octanol–water partition coefficient (Wildman–Crippen LogP) is 12.1. The smallest absolute Gasteiger partial charge is 0.100 e. The molecule has 0 aromatic heterocycles. The fraction of sp³-hybridized carbons (Fsp3) is 0. The molecule has 0 bridgehead atoms. The molecular weight excluding hydrogens is 655 g/mol. The summed E-state index contributed by atoms with van der Waals surface area (Å²) in [4.78, 5) is 0. The molecule has 3 nitrogen and oxygen atoms in total. The minimum atomic E-state index is 0.576. The number of rotatable bonds is 3. The summed E-state index contributed by atoms with van der Waals surface area (Å²) < 4.78 is 0. The van der Waals surface area contributed by atoms with Crippen molar-refractivity contribution in [1.82, 2.24) is 0 Å². The SMILES string of the molecule is N#C/C(=C1/c2ccccc2-c2c1c1c(c3c2/C(=C(\C#N)c2ccccc2)c2ccccc2-3)/C(=C(\C#N)c2ccccc2)c2ccccc2-1)c1ccccc1. The highest BCUT2D eigenvalue weighted by molar-refractivity contribution is 6.29. The van der Waals surface area contributed by atoms with Crippen molar-refractivity contribution >= 4 is 33.4 Å². The molecular formula is C51H27N3. The Morgan fingerprint density at radius 3 is 0.722 bits per heavy atom. The predicted molar refractivity (Wildman–Crippen MR) is 217 cm³/mol. The van der Waals surface area contributed by atoms with E-state index in [9.17, 15) is 15.8 Å². The molecule has 0 spiro atoms. The maximum absolute atomic E-state index is 11.1. The van der Waals surface area contributed by atoms with Crippen LogP contribution in [0.1, 0.15) is 50.1 Å². The van der Waals surface area contributed by atoms with Gasteiger partial charge < -0.3 is 0 Å². The van der Waals surface area contributed by atoms with Crippen LogP contribution in [0.2, 0.25) is 0 Å². The zero-order chi connectivity index (χ0) is 36.3. The number of allylic oxidation sites excluding steroid dienone is 3. The molecule has 0 aliphatic heterocycles. The lowest BCUT2D eigenvalue weighted by molar-refractivity contribution is 1.51. The molecule has 10 rings (SSSR count). The zero-order valence-electron chi connectivity index (χ0n) is 28.9. The van der Waals surface area contributed by atoms with Crippen LogP contribution in [0, 0.1) is 34.0 Å². The highest BCUT2D eigenvalue weighted by Crippen LogP contribution is 2.65. The van der Waals surface area contributed by atoms with Gasteiger partial charge in [-0.15, -0.1) is 0 Å². The van der Waals surface area contributed by atoms with Crippen LogP contribution in [-0.2, 0) is 0 Å². The van der Waals surface area contributed by atoms with Crippen LogP contribution in [0.3, 0.4) is 0 Å². The number of hydrogen-bond donors (Lipinski definition) is 0. The molecule has 7 aromatic rings. The molecule has 0 radical (unpaired) electrons. The van der Waals surface area contributed by atoms with Crippen LogP contribution < -0.4 is 0 Å². The Morgan fingerprint density at radius 1 is 0.259 bits per heavy atom. The topological polar surface area (TPSA) is 71.4 Å². The van der Waals surface area contributed by atoms with Crippen molar-refractivity contribution in [3.63, 3.8) is 0 Å². The van der Waals surface area contributed by atoms with Gasteiger partial charge in [-0.25, -0.2) is 0 Å². The minimum absolute atomic E-state index is 0.576. The van der Waals surface area contributed by atoms with Gasteiger partial charge in [-0.2, -0.15) is 15.8 Å². The average Bonchev–Trinajstić information content (AvgIpc) is 3.87. The second-order valence-corrected chi connectivity index (χ2v) is 13.6. The molecule has 0 amide bonds. The van der Waals surface area contributed by atoms with Crippen molar-refractivity contribution in [3.8, 4) is 51.6 Å². The summed E-state index contributed by atoms with van der Waals surface area (Å²) in [5, 5.41) is 33.3. The van der Waals surface area contributed by atoms with Gasteiger partial charge in [0.15, 0.2) is 0 Å². The van der Waals surface area contributed by atoms with Crippen molar-refractivity contribution in [2.75, 3.05) is 0 Å². The summed E-state index contributed by atoms with van der Waals surface area (Å²) in [5.74, 6) is 0. The molecule has 54 heavy (non-hydrogen) atoms. The maximum atomic E-state index is 11.1. The van der Waals surface area contributed by atoms with E-state index in [0.29, 0.717) is 16.7 Å². The molecule has 3 aliphatic carbocycles. The number of nitrogens with zero attached hydrogens (tertiary/aromatic N) is 3. The number of fused-ring (bicyclic) bond motifs is 12. The summed E-state index contributed by atoms with van der Waals surface area (Å²) >= 11 is 0. The summed E-state index contributed by atoms with van der Waals surface area (Å²) in [6.07, 6.45) is 0. The Hall–Kier alpha value is -7.77. The Bertz CT molecular complexity index is 2630. The lowest BCUT2D eigenvalue weighted by Crippen LogP contribution is -2.00. The van der Waals surface area contributed by atoms with Crippen molar-refractivity contribution < 1.29 is 0 Å². The van der Waals surface area contributed by atoms with Gasteiger partial charge in [0.05, 0.1) is 16.7 Å². The fourth-order valence-electron chi connectivity index (χ4n) is 8.86. The molecule has 3 heteroatoms. The van der Waals surface area contributed by atoms with E-state index in [4.69, 9.17) is 0 Å². The van der Waals surface area contributed by atoms with Crippen LogP contribution in [0.15, 0.2) is 164 Å². The fourth-order valence-corrected chi connectivity index (χ4v) is 8.86. The Morgan fingerprint density at radius 2 is 0.481 bits per heavy atom. The van der Waals surface area contributed by atoms with E-state index in [2.05, 4.69) is 72.8 Å². The third-order valence-corrected chi connectivity index (χ3v) is 10.9. The van der Waals surface area contributed by atoms with Crippen molar-refractivity contribution in [2.24, 2.45) is 0 Å². The first-order valence-electron chi connectivity index (χ1n) is 17.9. The molecule has 0 atom stereocenters. The van der Waals surface area contributed by atoms with Crippen molar-refractivity contribution in [1.29, 1.82) is 15.8 Å². The lowest BCUT2D eigenvalue weighted by atomic mass is 9.81. The Balaban J connectivity index is 1.51. The first kappa shape index (κ1) is 31.0. The van der Waals surface area contributed by atoms with Crippen LogP contribution >= 0.6 is 0 Å². The summed E-state index contributed by atoms with van der Waals surface area (Å²) in [6, 6.07) is 62.6. The van der Waals surface area contributed by atoms with Gasteiger partial charge in [0.2, 0.25) is 0 Å². The highest BCUT2D eigenvalue weighted by atomic mass is 14.5. The second kappa shape index (κ2) is 12.2. The summed E-state index contributed by atoms with van der Waals surface area (Å²) in [6.45, 7) is 0. The van der Waals surface area contributed by atoms with E-state index in [0.717, 1.165) is 100 Å². The largest absolute Gasteiger partial charge is 0.192 e. The Kier molecular flexibility index (Phi) is 6.99. The maximum Gasteiger partial charge on any atom is 0.100 e. The first-order chi connectivity index (χ1) is 26.7.